The first kappa shape index (κ1) is 33.1. The lowest BCUT2D eigenvalue weighted by atomic mass is 9.89. The second-order valence-corrected chi connectivity index (χ2v) is 13.8. The summed E-state index contributed by atoms with van der Waals surface area (Å²) >= 11 is 1.38. The first-order valence-electron chi connectivity index (χ1n) is 16.2. The Hall–Kier alpha value is -3.84. The number of benzene rings is 2. The minimum atomic E-state index is -1.57. The Kier molecular flexibility index (Phi) is 9.93. The maximum Gasteiger partial charge on any atom is 0.254 e. The topological polar surface area (TPSA) is 150 Å². The molecule has 11 nitrogen and oxygen atoms in total. The molecule has 5 atom stereocenters. The highest BCUT2D eigenvalue weighted by Crippen LogP contribution is 2.43. The van der Waals surface area contributed by atoms with Crippen LogP contribution in [0.2, 0.25) is 0 Å². The van der Waals surface area contributed by atoms with Crippen molar-refractivity contribution < 1.29 is 34.1 Å². The lowest BCUT2D eigenvalue weighted by Crippen LogP contribution is -2.56. The van der Waals surface area contributed by atoms with Gasteiger partial charge in [-0.05, 0) is 62.7 Å². The molecule has 1 saturated heterocycles. The number of nitrogens with one attached hydrogen (secondary N) is 2. The Labute approximate surface area is 278 Å². The normalized spacial score (nSPS) is 22.7. The quantitative estimate of drug-likeness (QED) is 0.259. The van der Waals surface area contributed by atoms with E-state index in [-0.39, 0.29) is 38.6 Å². The molecule has 2 aromatic carbocycles. The number of hydrogen-bond donors (Lipinski definition) is 4. The largest absolute Gasteiger partial charge is 0.490 e. The van der Waals surface area contributed by atoms with Gasteiger partial charge >= 0.3 is 0 Å². The van der Waals surface area contributed by atoms with Crippen LogP contribution in [0.3, 0.4) is 0 Å². The van der Waals surface area contributed by atoms with Crippen molar-refractivity contribution in [2.45, 2.75) is 88.8 Å². The van der Waals surface area contributed by atoms with Crippen LogP contribution in [0, 0.1) is 19.8 Å². The van der Waals surface area contributed by atoms with E-state index in [1.54, 1.807) is 12.1 Å². The van der Waals surface area contributed by atoms with E-state index in [2.05, 4.69) is 15.0 Å². The Morgan fingerprint density at radius 2 is 1.81 bits per heavy atom. The molecule has 1 saturated carbocycles. The number of hydrogen-bond acceptors (Lipinski definition) is 9. The summed E-state index contributed by atoms with van der Waals surface area (Å²) in [5.41, 5.74) is 2.51. The average molecular weight is 663 g/mol. The maximum atomic E-state index is 14.0. The second-order valence-electron chi connectivity index (χ2n) is 12.8. The lowest BCUT2D eigenvalue weighted by molar-refractivity contribution is -0.147. The number of para-hydroxylation sites is 1. The minimum Gasteiger partial charge on any atom is -0.490 e. The number of amides is 3. The molecule has 3 aliphatic rings. The summed E-state index contributed by atoms with van der Waals surface area (Å²) in [6, 6.07) is 15.0. The van der Waals surface area contributed by atoms with Crippen molar-refractivity contribution in [2.24, 2.45) is 5.92 Å². The number of carbonyl (C=O) groups excluding carboxylic acids is 3. The molecule has 3 amide bonds. The second kappa shape index (κ2) is 14.1. The predicted octanol–water partition coefficient (Wildman–Crippen LogP) is 3.09. The Morgan fingerprint density at radius 3 is 2.53 bits per heavy atom. The molecule has 3 heterocycles. The number of ether oxygens (including phenoxy) is 2. The molecular formula is C35H42N4O7S. The number of aliphatic hydroxyl groups excluding tert-OH is 2. The van der Waals surface area contributed by atoms with E-state index in [9.17, 15) is 24.6 Å². The number of fused-ring (bicyclic) bond motifs is 1. The summed E-state index contributed by atoms with van der Waals surface area (Å²) in [6.45, 7) is 4.04. The average Bonchev–Trinajstić information content (AvgIpc) is 3.79. The van der Waals surface area contributed by atoms with Gasteiger partial charge in [-0.15, -0.1) is 0 Å². The fourth-order valence-electron chi connectivity index (χ4n) is 7.16. The molecule has 12 heteroatoms. The molecule has 1 spiro atoms. The highest BCUT2D eigenvalue weighted by molar-refractivity contribution is 7.05. The molecular weight excluding hydrogens is 620 g/mol. The Bertz CT molecular complexity index is 1570. The van der Waals surface area contributed by atoms with Gasteiger partial charge in [-0.3, -0.25) is 14.4 Å². The minimum absolute atomic E-state index is 0.0225. The molecule has 2 fully saturated rings. The van der Waals surface area contributed by atoms with Crippen molar-refractivity contribution in [1.29, 1.82) is 0 Å². The number of aliphatic hydroxyl groups is 2. The molecule has 0 bridgehead atoms. The monoisotopic (exact) mass is 662 g/mol. The summed E-state index contributed by atoms with van der Waals surface area (Å²) in [7, 11) is 0. The van der Waals surface area contributed by atoms with Gasteiger partial charge in [0.15, 0.2) is 0 Å². The number of nitrogens with zero attached hydrogens (tertiary/aromatic N) is 2. The molecule has 0 unspecified atom stereocenters. The van der Waals surface area contributed by atoms with E-state index in [1.807, 2.05) is 56.3 Å². The molecule has 1 aliphatic carbocycles. The van der Waals surface area contributed by atoms with Crippen LogP contribution in [0.4, 0.5) is 0 Å². The fourth-order valence-corrected chi connectivity index (χ4v) is 7.87. The number of rotatable bonds is 10. The zero-order chi connectivity index (χ0) is 33.1. The third-order valence-corrected chi connectivity index (χ3v) is 10.6. The SMILES string of the molecule is Cc1nsc(C)c1CNC(=O)[C@H]1N(C(=O)[C@@H](O)C[C@@H](Cc2ccccc2)C(=O)N[C@H]2c3ccccc3OC[C@H]2O)COC12CCCC2. The summed E-state index contributed by atoms with van der Waals surface area (Å²) in [4.78, 5) is 44.0. The van der Waals surface area contributed by atoms with Crippen molar-refractivity contribution in [3.05, 3.63) is 81.9 Å². The first-order valence-corrected chi connectivity index (χ1v) is 17.0. The van der Waals surface area contributed by atoms with Gasteiger partial charge in [0.2, 0.25) is 11.8 Å². The standard InChI is InChI=1S/C35H42N4O7S/c1-21-26(22(2)47-38-21)18-36-33(43)31-35(14-8-9-15-35)46-20-39(31)34(44)27(40)17-24(16-23-10-4-3-5-11-23)32(42)37-30-25-12-6-7-13-29(25)45-19-28(30)41/h3-7,10-13,24,27-28,30-31,40-41H,8-9,14-20H2,1-2H3,(H,36,43)(H,37,42)/t24-,27+,28-,30+,31-/m1/s1. The molecule has 250 valence electrons. The molecule has 4 N–H and O–H groups in total. The van der Waals surface area contributed by atoms with E-state index >= 15 is 0 Å². The third-order valence-electron chi connectivity index (χ3n) is 9.74. The Balaban J connectivity index is 1.20. The predicted molar refractivity (Wildman–Crippen MR) is 174 cm³/mol. The van der Waals surface area contributed by atoms with Gasteiger partial charge in [0.25, 0.3) is 5.91 Å². The highest BCUT2D eigenvalue weighted by Gasteiger charge is 2.56. The molecule has 6 rings (SSSR count). The highest BCUT2D eigenvalue weighted by atomic mass is 32.1. The van der Waals surface area contributed by atoms with E-state index in [0.29, 0.717) is 24.2 Å². The molecule has 2 aliphatic heterocycles. The van der Waals surface area contributed by atoms with Gasteiger partial charge in [-0.25, -0.2) is 0 Å². The summed E-state index contributed by atoms with van der Waals surface area (Å²) in [5.74, 6) is -1.62. The van der Waals surface area contributed by atoms with Crippen LogP contribution in [-0.4, -0.2) is 74.4 Å². The van der Waals surface area contributed by atoms with Crippen LogP contribution in [0.15, 0.2) is 54.6 Å². The smallest absolute Gasteiger partial charge is 0.254 e. The van der Waals surface area contributed by atoms with Crippen LogP contribution < -0.4 is 15.4 Å². The zero-order valence-electron chi connectivity index (χ0n) is 26.7. The van der Waals surface area contributed by atoms with E-state index in [4.69, 9.17) is 9.47 Å². The first-order chi connectivity index (χ1) is 22.7. The summed E-state index contributed by atoms with van der Waals surface area (Å²) < 4.78 is 16.2. The van der Waals surface area contributed by atoms with Gasteiger partial charge in [0, 0.05) is 28.5 Å². The van der Waals surface area contributed by atoms with Crippen LogP contribution in [0.5, 0.6) is 5.75 Å². The maximum absolute atomic E-state index is 14.0. The van der Waals surface area contributed by atoms with E-state index < -0.39 is 47.6 Å². The summed E-state index contributed by atoms with van der Waals surface area (Å²) in [5, 5.41) is 28.2. The fraction of sp³-hybridized carbons (Fsp3) is 0.486. The van der Waals surface area contributed by atoms with Crippen molar-refractivity contribution in [2.75, 3.05) is 13.3 Å². The van der Waals surface area contributed by atoms with Gasteiger partial charge < -0.3 is 35.2 Å². The van der Waals surface area contributed by atoms with Gasteiger partial charge in [-0.1, -0.05) is 61.4 Å². The Morgan fingerprint density at radius 1 is 1.09 bits per heavy atom. The third kappa shape index (κ3) is 6.92. The number of carbonyl (C=O) groups is 3. The lowest BCUT2D eigenvalue weighted by Gasteiger charge is -2.33. The number of aromatic nitrogens is 1. The molecule has 3 aromatic rings. The van der Waals surface area contributed by atoms with E-state index in [1.165, 1.54) is 16.4 Å². The molecule has 0 radical (unpaired) electrons. The summed E-state index contributed by atoms with van der Waals surface area (Å²) in [6.07, 6.45) is 0.561. The van der Waals surface area contributed by atoms with Crippen molar-refractivity contribution in [3.8, 4) is 5.75 Å². The molecule has 1 aromatic heterocycles. The van der Waals surface area contributed by atoms with Gasteiger partial charge in [-0.2, -0.15) is 4.37 Å². The van der Waals surface area contributed by atoms with Gasteiger partial charge in [0.1, 0.15) is 37.3 Å². The van der Waals surface area contributed by atoms with Crippen LogP contribution in [0.25, 0.3) is 0 Å². The van der Waals surface area contributed by atoms with Crippen molar-refractivity contribution in [1.82, 2.24) is 19.9 Å². The van der Waals surface area contributed by atoms with Crippen molar-refractivity contribution >= 4 is 29.3 Å². The van der Waals surface area contributed by atoms with Crippen LogP contribution >= 0.6 is 11.5 Å². The van der Waals surface area contributed by atoms with E-state index in [0.717, 1.165) is 34.5 Å². The molecule has 47 heavy (non-hydrogen) atoms. The van der Waals surface area contributed by atoms with Gasteiger partial charge in [0.05, 0.1) is 17.3 Å². The van der Waals surface area contributed by atoms with Crippen molar-refractivity contribution in [3.63, 3.8) is 0 Å². The van der Waals surface area contributed by atoms with Crippen LogP contribution in [0.1, 0.15) is 65.4 Å². The zero-order valence-corrected chi connectivity index (χ0v) is 27.5. The number of aryl methyl sites for hydroxylation is 2. The van der Waals surface area contributed by atoms with Crippen LogP contribution in [-0.2, 0) is 32.1 Å².